The smallest absolute Gasteiger partial charge is 0.333 e. The molecule has 0 spiro atoms. The molecule has 1 aliphatic heterocycles. The van der Waals surface area contributed by atoms with Gasteiger partial charge in [0, 0.05) is 6.42 Å². The van der Waals surface area contributed by atoms with Crippen LogP contribution in [0.5, 0.6) is 0 Å². The summed E-state index contributed by atoms with van der Waals surface area (Å²) in [5.41, 5.74) is 0.200. The SMILES string of the molecule is COC(=O)C(NC(=O)C1CCC(=O)N1)c1ccc(Cl)c(F)c1. The van der Waals surface area contributed by atoms with Crippen LogP contribution in [-0.4, -0.2) is 30.9 Å². The van der Waals surface area contributed by atoms with Crippen LogP contribution >= 0.6 is 11.6 Å². The van der Waals surface area contributed by atoms with Gasteiger partial charge >= 0.3 is 5.97 Å². The maximum absolute atomic E-state index is 13.5. The molecule has 2 N–H and O–H groups in total. The lowest BCUT2D eigenvalue weighted by Gasteiger charge is -2.19. The van der Waals surface area contributed by atoms with E-state index in [-0.39, 0.29) is 22.9 Å². The number of methoxy groups -OCH3 is 1. The van der Waals surface area contributed by atoms with E-state index < -0.39 is 29.8 Å². The van der Waals surface area contributed by atoms with E-state index in [1.165, 1.54) is 12.1 Å². The second-order valence-electron chi connectivity index (χ2n) is 4.80. The van der Waals surface area contributed by atoms with Crippen molar-refractivity contribution >= 4 is 29.4 Å². The summed E-state index contributed by atoms with van der Waals surface area (Å²) in [4.78, 5) is 35.1. The Labute approximate surface area is 131 Å². The Morgan fingerprint density at radius 2 is 2.23 bits per heavy atom. The van der Waals surface area contributed by atoms with Gasteiger partial charge in [0.2, 0.25) is 11.8 Å². The number of hydrogen-bond acceptors (Lipinski definition) is 4. The van der Waals surface area contributed by atoms with Crippen molar-refractivity contribution in [1.82, 2.24) is 10.6 Å². The molecule has 1 aromatic rings. The molecule has 6 nitrogen and oxygen atoms in total. The minimum Gasteiger partial charge on any atom is -0.467 e. The normalized spacial score (nSPS) is 18.5. The lowest BCUT2D eigenvalue weighted by atomic mass is 10.1. The molecule has 1 fully saturated rings. The summed E-state index contributed by atoms with van der Waals surface area (Å²) >= 11 is 5.60. The first kappa shape index (κ1) is 16.2. The average molecular weight is 329 g/mol. The number of benzene rings is 1. The lowest BCUT2D eigenvalue weighted by Crippen LogP contribution is -2.45. The fraction of sp³-hybridized carbons (Fsp3) is 0.357. The van der Waals surface area contributed by atoms with Gasteiger partial charge in [0.05, 0.1) is 12.1 Å². The molecule has 118 valence electrons. The summed E-state index contributed by atoms with van der Waals surface area (Å²) in [7, 11) is 1.16. The molecule has 0 saturated carbocycles. The molecule has 1 aliphatic rings. The highest BCUT2D eigenvalue weighted by Gasteiger charge is 2.31. The first-order valence-electron chi connectivity index (χ1n) is 6.55. The molecule has 1 saturated heterocycles. The number of hydrogen-bond donors (Lipinski definition) is 2. The minimum atomic E-state index is -1.18. The largest absolute Gasteiger partial charge is 0.467 e. The number of ether oxygens (including phenoxy) is 1. The van der Waals surface area contributed by atoms with E-state index in [9.17, 15) is 18.8 Å². The first-order valence-corrected chi connectivity index (χ1v) is 6.92. The maximum Gasteiger partial charge on any atom is 0.333 e. The molecule has 0 aliphatic carbocycles. The molecule has 1 aromatic carbocycles. The van der Waals surface area contributed by atoms with Crippen LogP contribution in [0.4, 0.5) is 4.39 Å². The average Bonchev–Trinajstić information content (AvgIpc) is 2.93. The number of halogens is 2. The fourth-order valence-electron chi connectivity index (χ4n) is 2.14. The summed E-state index contributed by atoms with van der Waals surface area (Å²) in [5, 5.41) is 4.85. The van der Waals surface area contributed by atoms with Gasteiger partial charge in [-0.2, -0.15) is 0 Å². The zero-order valence-electron chi connectivity index (χ0n) is 11.7. The molecule has 0 radical (unpaired) electrons. The number of amides is 2. The number of esters is 1. The van der Waals surface area contributed by atoms with Crippen LogP contribution in [0, 0.1) is 5.82 Å². The van der Waals surface area contributed by atoms with Gasteiger partial charge in [0.1, 0.15) is 11.9 Å². The Kier molecular flexibility index (Phi) is 4.97. The van der Waals surface area contributed by atoms with E-state index in [1.54, 1.807) is 0 Å². The second kappa shape index (κ2) is 6.74. The highest BCUT2D eigenvalue weighted by atomic mass is 35.5. The van der Waals surface area contributed by atoms with Crippen molar-refractivity contribution in [3.63, 3.8) is 0 Å². The number of carbonyl (C=O) groups is 3. The van der Waals surface area contributed by atoms with Gasteiger partial charge in [0.25, 0.3) is 0 Å². The maximum atomic E-state index is 13.5. The minimum absolute atomic E-state index is 0.0956. The van der Waals surface area contributed by atoms with Gasteiger partial charge in [-0.15, -0.1) is 0 Å². The Hall–Kier alpha value is -2.15. The Morgan fingerprint density at radius 1 is 1.50 bits per heavy atom. The third kappa shape index (κ3) is 3.54. The third-order valence-corrected chi connectivity index (χ3v) is 3.62. The predicted octanol–water partition coefficient (Wildman–Crippen LogP) is 1.09. The quantitative estimate of drug-likeness (QED) is 0.810. The summed E-state index contributed by atoms with van der Waals surface area (Å²) in [6.07, 6.45) is 0.587. The Bertz CT molecular complexity index is 623. The van der Waals surface area contributed by atoms with E-state index in [4.69, 9.17) is 11.6 Å². The summed E-state index contributed by atoms with van der Waals surface area (Å²) in [6.45, 7) is 0. The molecule has 2 unspecified atom stereocenters. The fourth-order valence-corrected chi connectivity index (χ4v) is 2.26. The Balaban J connectivity index is 2.19. The molecule has 2 rings (SSSR count). The van der Waals surface area contributed by atoms with E-state index in [0.717, 1.165) is 13.2 Å². The number of rotatable bonds is 4. The number of nitrogens with one attached hydrogen (secondary N) is 2. The molecule has 2 amide bonds. The van der Waals surface area contributed by atoms with Crippen molar-refractivity contribution in [3.05, 3.63) is 34.6 Å². The molecule has 1 heterocycles. The van der Waals surface area contributed by atoms with Crippen LogP contribution in [0.25, 0.3) is 0 Å². The first-order chi connectivity index (χ1) is 10.4. The molecule has 2 atom stereocenters. The van der Waals surface area contributed by atoms with Crippen LogP contribution in [-0.2, 0) is 19.1 Å². The van der Waals surface area contributed by atoms with Gasteiger partial charge in [-0.25, -0.2) is 9.18 Å². The van der Waals surface area contributed by atoms with Gasteiger partial charge in [0.15, 0.2) is 6.04 Å². The molecular weight excluding hydrogens is 315 g/mol. The second-order valence-corrected chi connectivity index (χ2v) is 5.20. The monoisotopic (exact) mass is 328 g/mol. The van der Waals surface area contributed by atoms with Crippen molar-refractivity contribution in [1.29, 1.82) is 0 Å². The summed E-state index contributed by atoms with van der Waals surface area (Å²) in [5.74, 6) is -2.22. The van der Waals surface area contributed by atoms with Crippen molar-refractivity contribution in [2.75, 3.05) is 7.11 Å². The zero-order chi connectivity index (χ0) is 16.3. The molecular formula is C14H14ClFN2O4. The predicted molar refractivity (Wildman–Crippen MR) is 75.5 cm³/mol. The van der Waals surface area contributed by atoms with Gasteiger partial charge in [-0.05, 0) is 24.1 Å². The number of carbonyl (C=O) groups excluding carboxylic acids is 3. The van der Waals surface area contributed by atoms with E-state index in [0.29, 0.717) is 6.42 Å². The molecule has 22 heavy (non-hydrogen) atoms. The van der Waals surface area contributed by atoms with E-state index >= 15 is 0 Å². The van der Waals surface area contributed by atoms with E-state index in [1.807, 2.05) is 0 Å². The molecule has 0 aromatic heterocycles. The summed E-state index contributed by atoms with van der Waals surface area (Å²) in [6, 6.07) is 1.86. The zero-order valence-corrected chi connectivity index (χ0v) is 12.4. The van der Waals surface area contributed by atoms with Gasteiger partial charge in [-0.3, -0.25) is 9.59 Å². The lowest BCUT2D eigenvalue weighted by molar-refractivity contribution is -0.145. The van der Waals surface area contributed by atoms with Crippen molar-refractivity contribution < 1.29 is 23.5 Å². The third-order valence-electron chi connectivity index (χ3n) is 3.31. The van der Waals surface area contributed by atoms with Crippen LogP contribution < -0.4 is 10.6 Å². The van der Waals surface area contributed by atoms with Gasteiger partial charge in [-0.1, -0.05) is 17.7 Å². The van der Waals surface area contributed by atoms with Crippen molar-refractivity contribution in [3.8, 4) is 0 Å². The highest BCUT2D eigenvalue weighted by molar-refractivity contribution is 6.30. The highest BCUT2D eigenvalue weighted by Crippen LogP contribution is 2.22. The standard InChI is InChI=1S/C14H14ClFN2O4/c1-22-14(21)12(7-2-3-8(15)9(16)6-7)18-13(20)10-4-5-11(19)17-10/h2-3,6,10,12H,4-5H2,1H3,(H,17,19)(H,18,20). The van der Waals surface area contributed by atoms with Crippen LogP contribution in [0.3, 0.4) is 0 Å². The topological polar surface area (TPSA) is 84.5 Å². The van der Waals surface area contributed by atoms with Crippen LogP contribution in [0.1, 0.15) is 24.4 Å². The summed E-state index contributed by atoms with van der Waals surface area (Å²) < 4.78 is 18.2. The Morgan fingerprint density at radius 3 is 2.77 bits per heavy atom. The van der Waals surface area contributed by atoms with Gasteiger partial charge < -0.3 is 15.4 Å². The molecule has 8 heteroatoms. The van der Waals surface area contributed by atoms with Crippen molar-refractivity contribution in [2.24, 2.45) is 0 Å². The van der Waals surface area contributed by atoms with Crippen LogP contribution in [0.2, 0.25) is 5.02 Å². The molecule has 0 bridgehead atoms. The van der Waals surface area contributed by atoms with Crippen molar-refractivity contribution in [2.45, 2.75) is 24.9 Å². The van der Waals surface area contributed by atoms with E-state index in [2.05, 4.69) is 15.4 Å². The van der Waals surface area contributed by atoms with Crippen LogP contribution in [0.15, 0.2) is 18.2 Å².